The highest BCUT2D eigenvalue weighted by molar-refractivity contribution is 5.89. The van der Waals surface area contributed by atoms with Crippen molar-refractivity contribution in [3.05, 3.63) is 35.8 Å². The summed E-state index contributed by atoms with van der Waals surface area (Å²) in [6.07, 6.45) is 5.90. The van der Waals surface area contributed by atoms with E-state index in [0.29, 0.717) is 11.5 Å². The summed E-state index contributed by atoms with van der Waals surface area (Å²) in [5, 5.41) is 0. The van der Waals surface area contributed by atoms with E-state index in [9.17, 15) is 4.79 Å². The molecule has 0 aliphatic carbocycles. The fraction of sp³-hybridized carbons (Fsp3) is 0.429. The summed E-state index contributed by atoms with van der Waals surface area (Å²) >= 11 is 0. The molecule has 1 aliphatic heterocycles. The zero-order valence-electron chi connectivity index (χ0n) is 10.8. The van der Waals surface area contributed by atoms with Crippen LogP contribution in [0.15, 0.2) is 24.5 Å². The van der Waals surface area contributed by atoms with Crippen LogP contribution >= 0.6 is 0 Å². The van der Waals surface area contributed by atoms with E-state index in [2.05, 4.69) is 4.98 Å². The minimum atomic E-state index is -0.335. The van der Waals surface area contributed by atoms with Crippen LogP contribution in [0.3, 0.4) is 0 Å². The second kappa shape index (κ2) is 5.01. The molecule has 100 valence electrons. The van der Waals surface area contributed by atoms with E-state index in [0.717, 1.165) is 37.4 Å². The van der Waals surface area contributed by atoms with E-state index in [-0.39, 0.29) is 5.97 Å². The van der Waals surface area contributed by atoms with Gasteiger partial charge in [-0.3, -0.25) is 0 Å². The molecule has 2 aromatic rings. The highest BCUT2D eigenvalue weighted by atomic mass is 16.5. The molecule has 0 spiro atoms. The van der Waals surface area contributed by atoms with Crippen molar-refractivity contribution in [1.29, 1.82) is 0 Å². The van der Waals surface area contributed by atoms with Gasteiger partial charge in [0.2, 0.25) is 0 Å². The number of ether oxygens (including phenoxy) is 2. The lowest BCUT2D eigenvalue weighted by Gasteiger charge is -2.19. The molecular weight excluding hydrogens is 244 g/mol. The first-order valence-electron chi connectivity index (χ1n) is 6.42. The highest BCUT2D eigenvalue weighted by Gasteiger charge is 2.19. The van der Waals surface area contributed by atoms with Crippen molar-refractivity contribution in [2.24, 2.45) is 0 Å². The summed E-state index contributed by atoms with van der Waals surface area (Å²) in [6, 6.07) is 3.56. The molecule has 2 aromatic heterocycles. The third-order valence-corrected chi connectivity index (χ3v) is 3.47. The van der Waals surface area contributed by atoms with Gasteiger partial charge in [-0.25, -0.2) is 9.78 Å². The van der Waals surface area contributed by atoms with Gasteiger partial charge in [0.25, 0.3) is 0 Å². The quantitative estimate of drug-likeness (QED) is 0.775. The van der Waals surface area contributed by atoms with Gasteiger partial charge in [0.15, 0.2) is 0 Å². The number of hydrogen-bond donors (Lipinski definition) is 0. The zero-order chi connectivity index (χ0) is 13.2. The second-order valence-electron chi connectivity index (χ2n) is 4.75. The molecule has 1 atom stereocenters. The zero-order valence-corrected chi connectivity index (χ0v) is 10.8. The first-order chi connectivity index (χ1) is 9.28. The van der Waals surface area contributed by atoms with Gasteiger partial charge < -0.3 is 13.9 Å². The molecule has 3 rings (SSSR count). The predicted octanol–water partition coefficient (Wildman–Crippen LogP) is 2.01. The van der Waals surface area contributed by atoms with Crippen molar-refractivity contribution < 1.29 is 14.3 Å². The van der Waals surface area contributed by atoms with Crippen LogP contribution in [0.25, 0.3) is 5.65 Å². The minimum Gasteiger partial charge on any atom is -0.465 e. The van der Waals surface area contributed by atoms with E-state index in [1.54, 1.807) is 12.3 Å². The normalized spacial score (nSPS) is 19.5. The molecule has 0 aromatic carbocycles. The highest BCUT2D eigenvalue weighted by Crippen LogP contribution is 2.25. The van der Waals surface area contributed by atoms with Crippen LogP contribution in [-0.4, -0.2) is 35.7 Å². The van der Waals surface area contributed by atoms with Crippen LogP contribution in [0.1, 0.15) is 34.8 Å². The van der Waals surface area contributed by atoms with Crippen molar-refractivity contribution in [2.75, 3.05) is 20.3 Å². The summed E-state index contributed by atoms with van der Waals surface area (Å²) in [6.45, 7) is 1.57. The molecule has 3 heterocycles. The van der Waals surface area contributed by atoms with E-state index in [1.807, 2.05) is 16.7 Å². The summed E-state index contributed by atoms with van der Waals surface area (Å²) in [5.41, 5.74) is 2.40. The van der Waals surface area contributed by atoms with E-state index >= 15 is 0 Å². The smallest absolute Gasteiger partial charge is 0.339 e. The lowest BCUT2D eigenvalue weighted by atomic mass is 9.99. The number of nitrogens with zero attached hydrogens (tertiary/aromatic N) is 2. The van der Waals surface area contributed by atoms with Gasteiger partial charge in [-0.05, 0) is 25.0 Å². The Labute approximate surface area is 111 Å². The Kier molecular flexibility index (Phi) is 3.21. The molecule has 0 amide bonds. The number of carbonyl (C=O) groups excluding carboxylic acids is 1. The second-order valence-corrected chi connectivity index (χ2v) is 4.75. The summed E-state index contributed by atoms with van der Waals surface area (Å²) in [4.78, 5) is 16.1. The van der Waals surface area contributed by atoms with Crippen LogP contribution in [0.5, 0.6) is 0 Å². The average Bonchev–Trinajstić information content (AvgIpc) is 2.90. The monoisotopic (exact) mass is 260 g/mol. The summed E-state index contributed by atoms with van der Waals surface area (Å²) in [5.74, 6) is 0.0216. The number of imidazole rings is 1. The molecular formula is C14H16N2O3. The minimum absolute atomic E-state index is 0.335. The van der Waals surface area contributed by atoms with Gasteiger partial charge in [-0.2, -0.15) is 0 Å². The van der Waals surface area contributed by atoms with E-state index in [4.69, 9.17) is 9.47 Å². The average molecular weight is 260 g/mol. The van der Waals surface area contributed by atoms with Gasteiger partial charge in [0.1, 0.15) is 5.65 Å². The van der Waals surface area contributed by atoms with Gasteiger partial charge >= 0.3 is 5.97 Å². The third kappa shape index (κ3) is 2.33. The number of rotatable bonds is 2. The first kappa shape index (κ1) is 12.2. The SMILES string of the molecule is COC(=O)c1ccc2nc(C3CCCOC3)cn2c1. The lowest BCUT2D eigenvalue weighted by molar-refractivity contribution is 0.0600. The number of methoxy groups -OCH3 is 1. The molecule has 1 unspecified atom stereocenters. The number of carbonyl (C=O) groups is 1. The molecule has 5 nitrogen and oxygen atoms in total. The molecule has 1 fully saturated rings. The predicted molar refractivity (Wildman–Crippen MR) is 69.3 cm³/mol. The van der Waals surface area contributed by atoms with Gasteiger partial charge in [-0.1, -0.05) is 0 Å². The molecule has 5 heteroatoms. The van der Waals surface area contributed by atoms with Gasteiger partial charge in [-0.15, -0.1) is 0 Å². The number of aromatic nitrogens is 2. The van der Waals surface area contributed by atoms with Crippen molar-refractivity contribution in [3.8, 4) is 0 Å². The standard InChI is InChI=1S/C14H16N2O3/c1-18-14(17)10-4-5-13-15-12(8-16(13)7-10)11-3-2-6-19-9-11/h4-5,7-8,11H,2-3,6,9H2,1H3. The van der Waals surface area contributed by atoms with Crippen LogP contribution < -0.4 is 0 Å². The third-order valence-electron chi connectivity index (χ3n) is 3.47. The molecule has 0 bridgehead atoms. The Bertz CT molecular complexity index is 600. The Morgan fingerprint density at radius 3 is 3.11 bits per heavy atom. The molecule has 0 saturated carbocycles. The van der Waals surface area contributed by atoms with Crippen LogP contribution in [0.4, 0.5) is 0 Å². The lowest BCUT2D eigenvalue weighted by Crippen LogP contribution is -2.15. The maximum Gasteiger partial charge on any atom is 0.339 e. The largest absolute Gasteiger partial charge is 0.465 e. The first-order valence-corrected chi connectivity index (χ1v) is 6.42. The van der Waals surface area contributed by atoms with Crippen molar-refractivity contribution in [2.45, 2.75) is 18.8 Å². The summed E-state index contributed by atoms with van der Waals surface area (Å²) < 4.78 is 12.1. The van der Waals surface area contributed by atoms with Crippen LogP contribution in [0.2, 0.25) is 0 Å². The van der Waals surface area contributed by atoms with Crippen LogP contribution in [-0.2, 0) is 9.47 Å². The Morgan fingerprint density at radius 2 is 2.37 bits per heavy atom. The molecule has 0 N–H and O–H groups in total. The fourth-order valence-electron chi connectivity index (χ4n) is 2.42. The number of pyridine rings is 1. The Hall–Kier alpha value is -1.88. The molecule has 0 radical (unpaired) electrons. The molecule has 1 aliphatic rings. The molecule has 1 saturated heterocycles. The Balaban J connectivity index is 1.93. The van der Waals surface area contributed by atoms with E-state index < -0.39 is 0 Å². The van der Waals surface area contributed by atoms with E-state index in [1.165, 1.54) is 7.11 Å². The van der Waals surface area contributed by atoms with Crippen molar-refractivity contribution >= 4 is 11.6 Å². The maximum atomic E-state index is 11.5. The number of esters is 1. The topological polar surface area (TPSA) is 52.8 Å². The number of hydrogen-bond acceptors (Lipinski definition) is 4. The van der Waals surface area contributed by atoms with Crippen molar-refractivity contribution in [1.82, 2.24) is 9.38 Å². The van der Waals surface area contributed by atoms with Crippen molar-refractivity contribution in [3.63, 3.8) is 0 Å². The van der Waals surface area contributed by atoms with Gasteiger partial charge in [0.05, 0.1) is 25.0 Å². The Morgan fingerprint density at radius 1 is 1.47 bits per heavy atom. The maximum absolute atomic E-state index is 11.5. The van der Waals surface area contributed by atoms with Gasteiger partial charge in [0, 0.05) is 24.9 Å². The molecule has 19 heavy (non-hydrogen) atoms. The van der Waals surface area contributed by atoms with Crippen LogP contribution in [0, 0.1) is 0 Å². The fourth-order valence-corrected chi connectivity index (χ4v) is 2.42. The summed E-state index contributed by atoms with van der Waals surface area (Å²) in [7, 11) is 1.38. The number of fused-ring (bicyclic) bond motifs is 1.